The van der Waals surface area contributed by atoms with Gasteiger partial charge in [0.1, 0.15) is 5.75 Å². The molecule has 1 amide bonds. The zero-order chi connectivity index (χ0) is 17.6. The molecule has 5 nitrogen and oxygen atoms in total. The molecule has 0 atom stereocenters. The number of anilines is 2. The Labute approximate surface area is 148 Å². The van der Waals surface area contributed by atoms with E-state index in [0.717, 1.165) is 29.8 Å². The lowest BCUT2D eigenvalue weighted by atomic mass is 10.1. The predicted molar refractivity (Wildman–Crippen MR) is 102 cm³/mol. The molecule has 2 N–H and O–H groups in total. The van der Waals surface area contributed by atoms with Crippen LogP contribution >= 0.6 is 0 Å². The maximum absolute atomic E-state index is 13.0. The number of nitrogens with two attached hydrogens (primary N) is 1. The van der Waals surface area contributed by atoms with Gasteiger partial charge in [0.25, 0.3) is 5.91 Å². The fourth-order valence-corrected chi connectivity index (χ4v) is 2.76. The molecule has 0 saturated heterocycles. The lowest BCUT2D eigenvalue weighted by Gasteiger charge is -2.22. The van der Waals surface area contributed by atoms with Gasteiger partial charge in [-0.1, -0.05) is 13.3 Å². The second kappa shape index (κ2) is 7.83. The van der Waals surface area contributed by atoms with Crippen molar-refractivity contribution in [2.24, 2.45) is 4.99 Å². The molecule has 130 valence electrons. The summed E-state index contributed by atoms with van der Waals surface area (Å²) >= 11 is 0. The Kier molecular flexibility index (Phi) is 5.33. The number of nitrogens with zero attached hydrogens (tertiary/aromatic N) is 2. The van der Waals surface area contributed by atoms with Crippen LogP contribution in [0.5, 0.6) is 5.75 Å². The van der Waals surface area contributed by atoms with Crippen LogP contribution in [-0.2, 0) is 0 Å². The first kappa shape index (κ1) is 17.0. The van der Waals surface area contributed by atoms with Gasteiger partial charge in [0.05, 0.1) is 18.8 Å². The number of aliphatic imine (C=N–C) groups is 1. The van der Waals surface area contributed by atoms with Crippen LogP contribution in [0.2, 0.25) is 0 Å². The smallest absolute Gasteiger partial charge is 0.258 e. The lowest BCUT2D eigenvalue weighted by molar-refractivity contribution is 0.0987. The van der Waals surface area contributed by atoms with Gasteiger partial charge >= 0.3 is 0 Å². The van der Waals surface area contributed by atoms with Gasteiger partial charge in [0.2, 0.25) is 0 Å². The average Bonchev–Trinajstić information content (AvgIpc) is 2.84. The molecule has 0 aromatic heterocycles. The third-order valence-corrected chi connectivity index (χ3v) is 4.14. The number of carbonyl (C=O) groups excluding carboxylic acids is 1. The summed E-state index contributed by atoms with van der Waals surface area (Å²) in [6.07, 6.45) is 3.90. The summed E-state index contributed by atoms with van der Waals surface area (Å²) in [5, 5.41) is 0. The Hall–Kier alpha value is -2.82. The number of nitrogen functional groups attached to an aromatic ring is 1. The van der Waals surface area contributed by atoms with Crippen LogP contribution in [0, 0.1) is 0 Å². The molecule has 0 radical (unpaired) electrons. The maximum atomic E-state index is 13.0. The van der Waals surface area contributed by atoms with E-state index in [0.29, 0.717) is 30.9 Å². The number of fused-ring (bicyclic) bond motifs is 1. The first-order valence-corrected chi connectivity index (χ1v) is 8.63. The molecule has 0 saturated carbocycles. The largest absolute Gasteiger partial charge is 0.494 e. The monoisotopic (exact) mass is 337 g/mol. The number of ether oxygens (including phenoxy) is 1. The molecule has 5 heteroatoms. The van der Waals surface area contributed by atoms with Crippen LogP contribution in [0.1, 0.15) is 35.7 Å². The fourth-order valence-electron chi connectivity index (χ4n) is 2.76. The van der Waals surface area contributed by atoms with Crippen molar-refractivity contribution in [3.8, 4) is 5.75 Å². The number of amides is 1. The van der Waals surface area contributed by atoms with Crippen LogP contribution < -0.4 is 15.4 Å². The van der Waals surface area contributed by atoms with Crippen molar-refractivity contribution in [2.75, 3.05) is 30.3 Å². The number of carbonyl (C=O) groups is 1. The van der Waals surface area contributed by atoms with Crippen molar-refractivity contribution in [1.82, 2.24) is 0 Å². The molecule has 3 rings (SSSR count). The summed E-state index contributed by atoms with van der Waals surface area (Å²) in [6.45, 7) is 3.93. The van der Waals surface area contributed by atoms with Gasteiger partial charge in [-0.3, -0.25) is 9.79 Å². The molecule has 0 spiro atoms. The summed E-state index contributed by atoms with van der Waals surface area (Å²) in [5.41, 5.74) is 8.85. The highest BCUT2D eigenvalue weighted by molar-refractivity contribution is 6.09. The second-order valence-electron chi connectivity index (χ2n) is 6.04. The number of hydrogen-bond acceptors (Lipinski definition) is 4. The molecular formula is C20H23N3O2. The highest BCUT2D eigenvalue weighted by Gasteiger charge is 2.21. The summed E-state index contributed by atoms with van der Waals surface area (Å²) in [7, 11) is 0. The topological polar surface area (TPSA) is 67.9 Å². The Balaban J connectivity index is 1.79. The van der Waals surface area contributed by atoms with E-state index < -0.39 is 0 Å². The van der Waals surface area contributed by atoms with Gasteiger partial charge in [-0.05, 0) is 48.9 Å². The van der Waals surface area contributed by atoms with Crippen LogP contribution in [0.4, 0.5) is 11.4 Å². The normalized spacial score (nSPS) is 13.2. The van der Waals surface area contributed by atoms with Crippen LogP contribution in [-0.4, -0.2) is 31.8 Å². The minimum Gasteiger partial charge on any atom is -0.494 e. The van der Waals surface area contributed by atoms with E-state index in [1.807, 2.05) is 42.5 Å². The number of hydrogen-bond donors (Lipinski definition) is 1. The predicted octanol–water partition coefficient (Wildman–Crippen LogP) is 3.53. The van der Waals surface area contributed by atoms with E-state index in [1.54, 1.807) is 11.1 Å². The SMILES string of the molecule is CCCCOc1ccc(C(=O)N2CCN=Cc3cc(N)ccc32)cc1. The highest BCUT2D eigenvalue weighted by atomic mass is 16.5. The van der Waals surface area contributed by atoms with Crippen LogP contribution in [0.25, 0.3) is 0 Å². The molecule has 2 aromatic carbocycles. The highest BCUT2D eigenvalue weighted by Crippen LogP contribution is 2.25. The quantitative estimate of drug-likeness (QED) is 0.670. The number of benzene rings is 2. The Morgan fingerprint density at radius 1 is 1.24 bits per heavy atom. The van der Waals surface area contributed by atoms with E-state index in [4.69, 9.17) is 10.5 Å². The van der Waals surface area contributed by atoms with E-state index >= 15 is 0 Å². The Morgan fingerprint density at radius 3 is 2.80 bits per heavy atom. The second-order valence-corrected chi connectivity index (χ2v) is 6.04. The van der Waals surface area contributed by atoms with Crippen molar-refractivity contribution in [3.05, 3.63) is 53.6 Å². The van der Waals surface area contributed by atoms with Gasteiger partial charge in [-0.2, -0.15) is 0 Å². The first-order chi connectivity index (χ1) is 12.2. The minimum atomic E-state index is -0.0448. The number of rotatable bonds is 5. The summed E-state index contributed by atoms with van der Waals surface area (Å²) in [4.78, 5) is 19.1. The van der Waals surface area contributed by atoms with Gasteiger partial charge in [-0.15, -0.1) is 0 Å². The molecule has 0 fully saturated rings. The molecule has 0 aliphatic carbocycles. The summed E-state index contributed by atoms with van der Waals surface area (Å²) < 4.78 is 5.66. The van der Waals surface area contributed by atoms with E-state index in [2.05, 4.69) is 11.9 Å². The number of benzodiazepines with no additional fused rings is 1. The molecule has 1 aliphatic heterocycles. The summed E-state index contributed by atoms with van der Waals surface area (Å²) in [6, 6.07) is 12.8. The van der Waals surface area contributed by atoms with Gasteiger partial charge in [0, 0.05) is 29.6 Å². The standard InChI is InChI=1S/C20H23N3O2/c1-2-3-12-25-18-7-4-15(5-8-18)20(24)23-11-10-22-14-16-13-17(21)6-9-19(16)23/h4-9,13-14H,2-3,10-12,21H2,1H3. The maximum Gasteiger partial charge on any atom is 0.258 e. The summed E-state index contributed by atoms with van der Waals surface area (Å²) in [5.74, 6) is 0.744. The van der Waals surface area contributed by atoms with Crippen LogP contribution in [0.15, 0.2) is 47.5 Å². The Bertz CT molecular complexity index is 769. The molecular weight excluding hydrogens is 314 g/mol. The van der Waals surface area contributed by atoms with Crippen molar-refractivity contribution in [2.45, 2.75) is 19.8 Å². The molecule has 0 unspecified atom stereocenters. The van der Waals surface area contributed by atoms with E-state index in [9.17, 15) is 4.79 Å². The molecule has 2 aromatic rings. The van der Waals surface area contributed by atoms with Crippen molar-refractivity contribution in [1.29, 1.82) is 0 Å². The molecule has 25 heavy (non-hydrogen) atoms. The molecule has 1 heterocycles. The zero-order valence-corrected chi connectivity index (χ0v) is 14.4. The minimum absolute atomic E-state index is 0.0448. The van der Waals surface area contributed by atoms with Crippen molar-refractivity contribution in [3.63, 3.8) is 0 Å². The zero-order valence-electron chi connectivity index (χ0n) is 14.4. The van der Waals surface area contributed by atoms with Gasteiger partial charge < -0.3 is 15.4 Å². The van der Waals surface area contributed by atoms with Crippen LogP contribution in [0.3, 0.4) is 0 Å². The average molecular weight is 337 g/mol. The third kappa shape index (κ3) is 3.99. The van der Waals surface area contributed by atoms with Crippen molar-refractivity contribution >= 4 is 23.5 Å². The third-order valence-electron chi connectivity index (χ3n) is 4.14. The van der Waals surface area contributed by atoms with Gasteiger partial charge in [-0.25, -0.2) is 0 Å². The fraction of sp³-hybridized carbons (Fsp3) is 0.300. The van der Waals surface area contributed by atoms with Crippen molar-refractivity contribution < 1.29 is 9.53 Å². The van der Waals surface area contributed by atoms with Gasteiger partial charge in [0.15, 0.2) is 0 Å². The Morgan fingerprint density at radius 2 is 2.04 bits per heavy atom. The van der Waals surface area contributed by atoms with E-state index in [1.165, 1.54) is 0 Å². The van der Waals surface area contributed by atoms with E-state index in [-0.39, 0.29) is 5.91 Å². The lowest BCUT2D eigenvalue weighted by Crippen LogP contribution is -2.33. The number of unbranched alkanes of at least 4 members (excludes halogenated alkanes) is 1. The molecule has 0 bridgehead atoms. The molecule has 1 aliphatic rings. The first-order valence-electron chi connectivity index (χ1n) is 8.63.